The van der Waals surface area contributed by atoms with E-state index in [1.807, 2.05) is 25.1 Å². The Morgan fingerprint density at radius 1 is 1.20 bits per heavy atom. The number of benzene rings is 2. The Kier molecular flexibility index (Phi) is 6.69. The third-order valence-corrected chi connectivity index (χ3v) is 4.82. The maximum absolute atomic E-state index is 13.1. The Hall–Kier alpha value is -2.97. The first-order valence-corrected chi connectivity index (χ1v) is 9.85. The van der Waals surface area contributed by atoms with Crippen LogP contribution in [0, 0.1) is 5.82 Å². The minimum Gasteiger partial charge on any atom is -0.457 e. The van der Waals surface area contributed by atoms with Crippen LogP contribution in [0.4, 0.5) is 4.39 Å². The molecule has 0 radical (unpaired) electrons. The second-order valence-electron chi connectivity index (χ2n) is 7.43. The zero-order valence-corrected chi connectivity index (χ0v) is 17.4. The van der Waals surface area contributed by atoms with Crippen molar-refractivity contribution in [3.63, 3.8) is 0 Å². The number of carbonyl (C=O) groups excluding carboxylic acids is 1. The van der Waals surface area contributed by atoms with E-state index in [0.717, 1.165) is 16.9 Å². The van der Waals surface area contributed by atoms with Crippen LogP contribution >= 0.6 is 0 Å². The number of carbonyl (C=O) groups is 1. The molecule has 1 amide bonds. The van der Waals surface area contributed by atoms with E-state index >= 15 is 0 Å². The van der Waals surface area contributed by atoms with Crippen molar-refractivity contribution in [1.29, 1.82) is 0 Å². The summed E-state index contributed by atoms with van der Waals surface area (Å²) in [5, 5.41) is 3.16. The molecular formula is C22H27FN4O3. The third kappa shape index (κ3) is 5.14. The van der Waals surface area contributed by atoms with Crippen LogP contribution in [0.2, 0.25) is 0 Å². The van der Waals surface area contributed by atoms with Crippen molar-refractivity contribution in [1.82, 2.24) is 14.9 Å². The number of hydrogen-bond donors (Lipinski definition) is 2. The van der Waals surface area contributed by atoms with E-state index in [0.29, 0.717) is 37.8 Å². The van der Waals surface area contributed by atoms with E-state index in [4.69, 9.17) is 20.2 Å². The average Bonchev–Trinajstić information content (AvgIpc) is 3.05. The fourth-order valence-electron chi connectivity index (χ4n) is 2.93. The van der Waals surface area contributed by atoms with Gasteiger partial charge < -0.3 is 19.8 Å². The Labute approximate surface area is 175 Å². The van der Waals surface area contributed by atoms with Gasteiger partial charge in [0.05, 0.1) is 29.7 Å². The van der Waals surface area contributed by atoms with E-state index in [-0.39, 0.29) is 5.82 Å². The maximum atomic E-state index is 13.1. The van der Waals surface area contributed by atoms with Crippen LogP contribution in [0.15, 0.2) is 42.5 Å². The predicted octanol–water partition coefficient (Wildman–Crippen LogP) is 3.36. The molecule has 8 heteroatoms. The van der Waals surface area contributed by atoms with Crippen LogP contribution in [0.1, 0.15) is 26.6 Å². The zero-order valence-electron chi connectivity index (χ0n) is 17.4. The van der Waals surface area contributed by atoms with Crippen molar-refractivity contribution in [2.75, 3.05) is 13.2 Å². The predicted molar refractivity (Wildman–Crippen MR) is 113 cm³/mol. The zero-order chi connectivity index (χ0) is 21.7. The molecule has 0 aliphatic rings. The van der Waals surface area contributed by atoms with Gasteiger partial charge in [-0.05, 0) is 57.2 Å². The molecule has 0 bridgehead atoms. The quantitative estimate of drug-likeness (QED) is 0.497. The van der Waals surface area contributed by atoms with Crippen LogP contribution < -0.4 is 15.8 Å². The normalized spacial score (nSPS) is 11.7. The fourth-order valence-corrected chi connectivity index (χ4v) is 2.93. The lowest BCUT2D eigenvalue weighted by Crippen LogP contribution is -2.50. The molecule has 0 aliphatic heterocycles. The van der Waals surface area contributed by atoms with Crippen molar-refractivity contribution >= 4 is 16.9 Å². The summed E-state index contributed by atoms with van der Waals surface area (Å²) in [4.78, 5) is 16.3. The van der Waals surface area contributed by atoms with Crippen molar-refractivity contribution in [3.8, 4) is 11.5 Å². The number of aromatic nitrogens is 2. The summed E-state index contributed by atoms with van der Waals surface area (Å²) >= 11 is 0. The van der Waals surface area contributed by atoms with Crippen LogP contribution in [0.3, 0.4) is 0 Å². The Bertz CT molecular complexity index is 1020. The standard InChI is InChI=1S/C22H27FN4O3/c1-4-29-12-11-27-19-10-9-17(30-16-7-5-15(23)6-8-16)13-18(19)26-20(27)14-25-22(2,3)21(24)28/h5-10,13,25H,4,11-12,14H2,1-3H3,(H2,24,28). The molecule has 0 saturated heterocycles. The van der Waals surface area contributed by atoms with E-state index < -0.39 is 11.4 Å². The second kappa shape index (κ2) is 9.23. The molecule has 0 fully saturated rings. The highest BCUT2D eigenvalue weighted by Crippen LogP contribution is 2.26. The summed E-state index contributed by atoms with van der Waals surface area (Å²) in [6.07, 6.45) is 0. The number of fused-ring (bicyclic) bond motifs is 1. The number of nitrogens with two attached hydrogens (primary N) is 1. The summed E-state index contributed by atoms with van der Waals surface area (Å²) in [5.74, 6) is 1.14. The molecule has 0 atom stereocenters. The number of ether oxygens (including phenoxy) is 2. The molecule has 1 aromatic heterocycles. The number of imidazole rings is 1. The fraction of sp³-hybridized carbons (Fsp3) is 0.364. The van der Waals surface area contributed by atoms with Gasteiger partial charge in [-0.2, -0.15) is 0 Å². The molecule has 160 valence electrons. The molecule has 3 aromatic rings. The van der Waals surface area contributed by atoms with Crippen molar-refractivity contribution in [3.05, 3.63) is 54.1 Å². The SMILES string of the molecule is CCOCCn1c(CNC(C)(C)C(N)=O)nc2cc(Oc3ccc(F)cc3)ccc21. The number of nitrogens with one attached hydrogen (secondary N) is 1. The molecule has 0 saturated carbocycles. The van der Waals surface area contributed by atoms with E-state index in [1.54, 1.807) is 26.0 Å². The van der Waals surface area contributed by atoms with Gasteiger partial charge >= 0.3 is 0 Å². The average molecular weight is 414 g/mol. The smallest absolute Gasteiger partial charge is 0.237 e. The molecule has 0 unspecified atom stereocenters. The van der Waals surface area contributed by atoms with Crippen molar-refractivity contribution in [2.45, 2.75) is 39.4 Å². The number of halogens is 1. The van der Waals surface area contributed by atoms with E-state index in [1.165, 1.54) is 12.1 Å². The number of nitrogens with zero attached hydrogens (tertiary/aromatic N) is 2. The summed E-state index contributed by atoms with van der Waals surface area (Å²) in [5.41, 5.74) is 6.27. The topological polar surface area (TPSA) is 91.4 Å². The molecule has 3 rings (SSSR count). The van der Waals surface area contributed by atoms with Crippen molar-refractivity contribution < 1.29 is 18.7 Å². The lowest BCUT2D eigenvalue weighted by Gasteiger charge is -2.22. The van der Waals surface area contributed by atoms with Crippen LogP contribution in [0.25, 0.3) is 11.0 Å². The van der Waals surface area contributed by atoms with Gasteiger partial charge in [-0.15, -0.1) is 0 Å². The molecule has 7 nitrogen and oxygen atoms in total. The number of rotatable bonds is 10. The van der Waals surface area contributed by atoms with Gasteiger partial charge in [-0.25, -0.2) is 9.37 Å². The lowest BCUT2D eigenvalue weighted by atomic mass is 10.1. The molecule has 0 aliphatic carbocycles. The first-order valence-electron chi connectivity index (χ1n) is 9.85. The van der Waals surface area contributed by atoms with Gasteiger partial charge in [0.1, 0.15) is 23.1 Å². The highest BCUT2D eigenvalue weighted by atomic mass is 19.1. The Balaban J connectivity index is 1.88. The summed E-state index contributed by atoms with van der Waals surface area (Å²) in [7, 11) is 0. The summed E-state index contributed by atoms with van der Waals surface area (Å²) < 4.78 is 26.5. The van der Waals surface area contributed by atoms with Gasteiger partial charge in [-0.3, -0.25) is 10.1 Å². The molecular weight excluding hydrogens is 387 g/mol. The van der Waals surface area contributed by atoms with Crippen molar-refractivity contribution in [2.24, 2.45) is 5.73 Å². The van der Waals surface area contributed by atoms with Crippen LogP contribution in [-0.4, -0.2) is 34.2 Å². The number of hydrogen-bond acceptors (Lipinski definition) is 5. The van der Waals surface area contributed by atoms with Gasteiger partial charge in [0.2, 0.25) is 5.91 Å². The molecule has 3 N–H and O–H groups in total. The third-order valence-electron chi connectivity index (χ3n) is 4.82. The molecule has 2 aromatic carbocycles. The summed E-state index contributed by atoms with van der Waals surface area (Å²) in [6, 6.07) is 11.4. The van der Waals surface area contributed by atoms with E-state index in [2.05, 4.69) is 9.88 Å². The number of primary amides is 1. The molecule has 0 spiro atoms. The highest BCUT2D eigenvalue weighted by molar-refractivity contribution is 5.83. The minimum atomic E-state index is -0.861. The highest BCUT2D eigenvalue weighted by Gasteiger charge is 2.25. The first kappa shape index (κ1) is 21.7. The Morgan fingerprint density at radius 3 is 2.57 bits per heavy atom. The lowest BCUT2D eigenvalue weighted by molar-refractivity contribution is -0.123. The van der Waals surface area contributed by atoms with E-state index in [9.17, 15) is 9.18 Å². The molecule has 30 heavy (non-hydrogen) atoms. The minimum absolute atomic E-state index is 0.318. The van der Waals surface area contributed by atoms with Crippen LogP contribution in [0.5, 0.6) is 11.5 Å². The first-order chi connectivity index (χ1) is 14.3. The second-order valence-corrected chi connectivity index (χ2v) is 7.43. The molecule has 1 heterocycles. The largest absolute Gasteiger partial charge is 0.457 e. The Morgan fingerprint density at radius 2 is 1.90 bits per heavy atom. The number of amides is 1. The summed E-state index contributed by atoms with van der Waals surface area (Å²) in [6.45, 7) is 7.57. The van der Waals surface area contributed by atoms with Crippen LogP contribution in [-0.2, 0) is 22.6 Å². The maximum Gasteiger partial charge on any atom is 0.237 e. The van der Waals surface area contributed by atoms with Gasteiger partial charge in [-0.1, -0.05) is 0 Å². The monoisotopic (exact) mass is 414 g/mol. The van der Waals surface area contributed by atoms with Gasteiger partial charge in [0, 0.05) is 19.2 Å². The van der Waals surface area contributed by atoms with Gasteiger partial charge in [0.25, 0.3) is 0 Å². The van der Waals surface area contributed by atoms with Gasteiger partial charge in [0.15, 0.2) is 0 Å².